The fourth-order valence-corrected chi connectivity index (χ4v) is 1.20. The molecule has 0 aromatic heterocycles. The second-order valence-corrected chi connectivity index (χ2v) is 3.50. The van der Waals surface area contributed by atoms with Crippen LogP contribution >= 0.6 is 0 Å². The molecule has 0 radical (unpaired) electrons. The average Bonchev–Trinajstić information content (AvgIpc) is 2.15. The largest absolute Gasteiger partial charge is 0.479 e. The lowest BCUT2D eigenvalue weighted by Crippen LogP contribution is -2.67. The second kappa shape index (κ2) is 2.94. The summed E-state index contributed by atoms with van der Waals surface area (Å²) in [6, 6.07) is 0. The Bertz CT molecular complexity index is 380. The fraction of sp³-hybridized carbons (Fsp3) is 0.500. The smallest absolute Gasteiger partial charge is 0.343 e. The third kappa shape index (κ3) is 1.36. The lowest BCUT2D eigenvalue weighted by atomic mass is 9.70. The molecule has 1 rings (SSSR count). The summed E-state index contributed by atoms with van der Waals surface area (Å²) >= 11 is 0. The average molecular weight is 216 g/mol. The van der Waals surface area contributed by atoms with Crippen molar-refractivity contribution in [3.05, 3.63) is 0 Å². The topological polar surface area (TPSA) is 129 Å². The van der Waals surface area contributed by atoms with Crippen molar-refractivity contribution in [1.29, 1.82) is 0 Å². The minimum absolute atomic E-state index is 0.631. The number of carbonyl (C=O) groups excluding carboxylic acids is 3. The summed E-state index contributed by atoms with van der Waals surface area (Å²) in [5.74, 6) is -5.83. The Balaban J connectivity index is 3.02. The molecule has 1 aliphatic carbocycles. The predicted molar refractivity (Wildman–Crippen MR) is 42.8 cm³/mol. The van der Waals surface area contributed by atoms with Gasteiger partial charge in [0.2, 0.25) is 23.0 Å². The van der Waals surface area contributed by atoms with Crippen LogP contribution in [0.25, 0.3) is 0 Å². The first-order chi connectivity index (χ1) is 6.64. The first kappa shape index (κ1) is 11.5. The molecule has 0 aromatic rings. The molecule has 1 saturated carbocycles. The maximum Gasteiger partial charge on any atom is 0.343 e. The lowest BCUT2D eigenvalue weighted by Gasteiger charge is -2.34. The number of ketones is 3. The van der Waals surface area contributed by atoms with Gasteiger partial charge >= 0.3 is 5.97 Å². The number of rotatable bonds is 3. The van der Waals surface area contributed by atoms with Gasteiger partial charge in [-0.3, -0.25) is 14.4 Å². The number of hydrogen-bond donors (Lipinski definition) is 3. The number of Topliss-reactive ketones (excluding diaryl/α,β-unsaturated/α-hetero) is 3. The summed E-state index contributed by atoms with van der Waals surface area (Å²) in [5, 5.41) is 27.0. The highest BCUT2D eigenvalue weighted by Gasteiger charge is 2.63. The highest BCUT2D eigenvalue weighted by molar-refractivity contribution is 6.53. The molecule has 15 heavy (non-hydrogen) atoms. The SMILES string of the molecule is CC(O)(C(=O)O)C(=O)C1(O)CC(=O)C1=O. The van der Waals surface area contributed by atoms with Crippen molar-refractivity contribution >= 4 is 23.3 Å². The van der Waals surface area contributed by atoms with Gasteiger partial charge in [-0.05, 0) is 6.92 Å². The summed E-state index contributed by atoms with van der Waals surface area (Å²) in [7, 11) is 0. The van der Waals surface area contributed by atoms with Crippen molar-refractivity contribution in [3.8, 4) is 0 Å². The summed E-state index contributed by atoms with van der Waals surface area (Å²) < 4.78 is 0. The zero-order valence-electron chi connectivity index (χ0n) is 7.68. The van der Waals surface area contributed by atoms with Gasteiger partial charge in [0.25, 0.3) is 0 Å². The molecule has 0 spiro atoms. The highest BCUT2D eigenvalue weighted by Crippen LogP contribution is 2.30. The van der Waals surface area contributed by atoms with Crippen LogP contribution in [-0.4, -0.2) is 49.8 Å². The number of carbonyl (C=O) groups is 4. The molecular formula is C8H8O7. The van der Waals surface area contributed by atoms with Crippen LogP contribution in [0.4, 0.5) is 0 Å². The van der Waals surface area contributed by atoms with Crippen molar-refractivity contribution in [3.63, 3.8) is 0 Å². The van der Waals surface area contributed by atoms with E-state index >= 15 is 0 Å². The number of aliphatic carboxylic acids is 1. The zero-order valence-corrected chi connectivity index (χ0v) is 7.68. The molecule has 0 bridgehead atoms. The second-order valence-electron chi connectivity index (χ2n) is 3.50. The van der Waals surface area contributed by atoms with Gasteiger partial charge in [-0.15, -0.1) is 0 Å². The van der Waals surface area contributed by atoms with E-state index in [-0.39, 0.29) is 0 Å². The summed E-state index contributed by atoms with van der Waals surface area (Å²) in [4.78, 5) is 43.2. The number of hydrogen-bond acceptors (Lipinski definition) is 6. The number of aliphatic hydroxyl groups is 2. The standard InChI is InChI=1S/C8H8O7/c1-7(14,6(12)13)5(11)8(15)2-3(9)4(8)10/h14-15H,2H2,1H3,(H,12,13). The number of carboxylic acids is 1. The van der Waals surface area contributed by atoms with E-state index < -0.39 is 40.9 Å². The molecule has 3 N–H and O–H groups in total. The molecule has 2 unspecified atom stereocenters. The van der Waals surface area contributed by atoms with E-state index in [0.717, 1.165) is 0 Å². The van der Waals surface area contributed by atoms with Gasteiger partial charge in [-0.1, -0.05) is 0 Å². The summed E-state index contributed by atoms with van der Waals surface area (Å²) in [6.45, 7) is 0.631. The number of carboxylic acid groups (broad SMARTS) is 1. The van der Waals surface area contributed by atoms with Crippen molar-refractivity contribution in [2.75, 3.05) is 0 Å². The van der Waals surface area contributed by atoms with E-state index in [2.05, 4.69) is 0 Å². The molecule has 1 aliphatic rings. The molecule has 0 amide bonds. The molecule has 1 fully saturated rings. The van der Waals surface area contributed by atoms with Gasteiger partial charge < -0.3 is 15.3 Å². The Kier molecular flexibility index (Phi) is 2.25. The summed E-state index contributed by atoms with van der Waals surface area (Å²) in [6.07, 6.45) is -0.784. The molecule has 0 aliphatic heterocycles. The van der Waals surface area contributed by atoms with E-state index in [9.17, 15) is 29.4 Å². The van der Waals surface area contributed by atoms with Crippen LogP contribution in [0.5, 0.6) is 0 Å². The van der Waals surface area contributed by atoms with Gasteiger partial charge in [0.05, 0.1) is 6.42 Å². The van der Waals surface area contributed by atoms with Crippen LogP contribution < -0.4 is 0 Å². The minimum atomic E-state index is -2.88. The Morgan fingerprint density at radius 2 is 1.87 bits per heavy atom. The quantitative estimate of drug-likeness (QED) is 0.356. The molecule has 0 heterocycles. The van der Waals surface area contributed by atoms with Crippen LogP contribution in [-0.2, 0) is 19.2 Å². The van der Waals surface area contributed by atoms with Crippen molar-refractivity contribution in [2.24, 2.45) is 0 Å². The van der Waals surface area contributed by atoms with Gasteiger partial charge in [0.1, 0.15) is 0 Å². The molecule has 7 nitrogen and oxygen atoms in total. The first-order valence-corrected chi connectivity index (χ1v) is 3.94. The molecule has 82 valence electrons. The van der Waals surface area contributed by atoms with Crippen molar-refractivity contribution in [1.82, 2.24) is 0 Å². The Labute approximate surface area is 83.3 Å². The van der Waals surface area contributed by atoms with E-state index in [4.69, 9.17) is 5.11 Å². The highest BCUT2D eigenvalue weighted by atomic mass is 16.4. The maximum absolute atomic E-state index is 11.3. The Morgan fingerprint density at radius 1 is 1.40 bits per heavy atom. The predicted octanol–water partition coefficient (Wildman–Crippen LogP) is -2.34. The minimum Gasteiger partial charge on any atom is -0.479 e. The van der Waals surface area contributed by atoms with E-state index in [1.54, 1.807) is 0 Å². The zero-order chi connectivity index (χ0) is 12.0. The van der Waals surface area contributed by atoms with Crippen LogP contribution in [0.2, 0.25) is 0 Å². The molecule has 0 saturated heterocycles. The van der Waals surface area contributed by atoms with Gasteiger partial charge in [0, 0.05) is 0 Å². The summed E-state index contributed by atoms with van der Waals surface area (Å²) in [5.41, 5.74) is -5.57. The maximum atomic E-state index is 11.3. The van der Waals surface area contributed by atoms with Crippen LogP contribution in [0.1, 0.15) is 13.3 Å². The lowest BCUT2D eigenvalue weighted by molar-refractivity contribution is -0.182. The van der Waals surface area contributed by atoms with Crippen molar-refractivity contribution < 1.29 is 34.5 Å². The van der Waals surface area contributed by atoms with Crippen LogP contribution in [0.3, 0.4) is 0 Å². The Hall–Kier alpha value is -1.60. The molecule has 0 aromatic carbocycles. The van der Waals surface area contributed by atoms with Crippen molar-refractivity contribution in [2.45, 2.75) is 24.5 Å². The van der Waals surface area contributed by atoms with E-state index in [0.29, 0.717) is 6.92 Å². The normalized spacial score (nSPS) is 29.3. The van der Waals surface area contributed by atoms with Crippen LogP contribution in [0.15, 0.2) is 0 Å². The van der Waals surface area contributed by atoms with Gasteiger partial charge in [-0.25, -0.2) is 4.79 Å². The van der Waals surface area contributed by atoms with Crippen LogP contribution in [0, 0.1) is 0 Å². The van der Waals surface area contributed by atoms with E-state index in [1.165, 1.54) is 0 Å². The third-order valence-corrected chi connectivity index (χ3v) is 2.28. The molecule has 7 heteroatoms. The molecular weight excluding hydrogens is 208 g/mol. The first-order valence-electron chi connectivity index (χ1n) is 3.94. The monoisotopic (exact) mass is 216 g/mol. The third-order valence-electron chi connectivity index (χ3n) is 2.28. The molecule has 2 atom stereocenters. The fourth-order valence-electron chi connectivity index (χ4n) is 1.20. The Morgan fingerprint density at radius 3 is 2.13 bits per heavy atom. The van der Waals surface area contributed by atoms with Gasteiger partial charge in [0.15, 0.2) is 5.60 Å². The van der Waals surface area contributed by atoms with Gasteiger partial charge in [-0.2, -0.15) is 0 Å². The van der Waals surface area contributed by atoms with E-state index in [1.807, 2.05) is 0 Å².